The third-order valence-electron chi connectivity index (χ3n) is 3.36. The van der Waals surface area contributed by atoms with Crippen molar-refractivity contribution in [3.63, 3.8) is 0 Å². The van der Waals surface area contributed by atoms with Gasteiger partial charge in [0.25, 0.3) is 0 Å². The summed E-state index contributed by atoms with van der Waals surface area (Å²) in [6.45, 7) is 1.69. The van der Waals surface area contributed by atoms with Crippen molar-refractivity contribution in [2.24, 2.45) is 0 Å². The molecule has 18 heavy (non-hydrogen) atoms. The molecule has 1 aliphatic heterocycles. The van der Waals surface area contributed by atoms with Crippen molar-refractivity contribution < 1.29 is 14.7 Å². The molecule has 102 valence electrons. The molecule has 0 unspecified atom stereocenters. The molecule has 1 atom stereocenters. The summed E-state index contributed by atoms with van der Waals surface area (Å²) in [6, 6.07) is 0.328. The molecule has 1 saturated carbocycles. The topological polar surface area (TPSA) is 72.9 Å². The summed E-state index contributed by atoms with van der Waals surface area (Å²) in [5.41, 5.74) is 0. The Labute approximate surface area is 107 Å². The van der Waals surface area contributed by atoms with Crippen molar-refractivity contribution in [2.45, 2.75) is 31.4 Å². The summed E-state index contributed by atoms with van der Waals surface area (Å²) in [7, 11) is 1.64. The number of nitrogens with one attached hydrogen (secondary N) is 1. The van der Waals surface area contributed by atoms with Crippen LogP contribution >= 0.6 is 0 Å². The van der Waals surface area contributed by atoms with Gasteiger partial charge in [0.15, 0.2) is 0 Å². The van der Waals surface area contributed by atoms with Crippen LogP contribution in [0.25, 0.3) is 0 Å². The Morgan fingerprint density at radius 2 is 2.11 bits per heavy atom. The van der Waals surface area contributed by atoms with E-state index >= 15 is 0 Å². The van der Waals surface area contributed by atoms with Gasteiger partial charge in [-0.25, -0.2) is 0 Å². The smallest absolute Gasteiger partial charge is 0.239 e. The maximum atomic E-state index is 11.9. The van der Waals surface area contributed by atoms with Crippen LogP contribution < -0.4 is 5.32 Å². The normalized spacial score (nSPS) is 24.0. The van der Waals surface area contributed by atoms with Crippen LogP contribution in [0, 0.1) is 0 Å². The first-order valence-corrected chi connectivity index (χ1v) is 6.48. The Morgan fingerprint density at radius 1 is 1.39 bits per heavy atom. The zero-order chi connectivity index (χ0) is 13.1. The van der Waals surface area contributed by atoms with E-state index in [0.29, 0.717) is 12.6 Å². The highest BCUT2D eigenvalue weighted by molar-refractivity contribution is 5.85. The van der Waals surface area contributed by atoms with Gasteiger partial charge < -0.3 is 15.3 Å². The lowest BCUT2D eigenvalue weighted by atomic mass is 10.3. The monoisotopic (exact) mass is 255 g/mol. The van der Waals surface area contributed by atoms with Crippen molar-refractivity contribution in [1.29, 1.82) is 0 Å². The Kier molecular flexibility index (Phi) is 4.19. The Morgan fingerprint density at radius 3 is 2.67 bits per heavy atom. The van der Waals surface area contributed by atoms with Gasteiger partial charge in [-0.2, -0.15) is 0 Å². The molecule has 0 radical (unpaired) electrons. The zero-order valence-corrected chi connectivity index (χ0v) is 10.8. The fourth-order valence-corrected chi connectivity index (χ4v) is 2.07. The third-order valence-corrected chi connectivity index (χ3v) is 3.36. The number of nitrogens with zero attached hydrogens (tertiary/aromatic N) is 2. The minimum Gasteiger partial charge on any atom is -0.392 e. The molecule has 2 N–H and O–H groups in total. The van der Waals surface area contributed by atoms with Gasteiger partial charge in [0.05, 0.1) is 19.2 Å². The van der Waals surface area contributed by atoms with Crippen molar-refractivity contribution in [1.82, 2.24) is 15.1 Å². The lowest BCUT2D eigenvalue weighted by Gasteiger charge is -2.20. The van der Waals surface area contributed by atoms with Crippen LogP contribution in [0.3, 0.4) is 0 Å². The lowest BCUT2D eigenvalue weighted by Crippen LogP contribution is -2.43. The van der Waals surface area contributed by atoms with Crippen molar-refractivity contribution in [3.8, 4) is 0 Å². The SMILES string of the molecule is CN(CC(=O)NC1CC1)C(=O)CN1CC[C@@H](O)C1. The number of aliphatic hydroxyl groups is 1. The molecule has 0 aromatic rings. The zero-order valence-electron chi connectivity index (χ0n) is 10.8. The van der Waals surface area contributed by atoms with E-state index in [1.54, 1.807) is 7.05 Å². The van der Waals surface area contributed by atoms with E-state index in [2.05, 4.69) is 5.32 Å². The van der Waals surface area contributed by atoms with E-state index in [0.717, 1.165) is 25.8 Å². The van der Waals surface area contributed by atoms with Crippen molar-refractivity contribution >= 4 is 11.8 Å². The summed E-state index contributed by atoms with van der Waals surface area (Å²) in [5, 5.41) is 12.2. The molecule has 1 saturated heterocycles. The standard InChI is InChI=1S/C12H21N3O3/c1-14(7-11(17)13-9-2-3-9)12(18)8-15-5-4-10(16)6-15/h9-10,16H,2-8H2,1H3,(H,13,17)/t10-/m1/s1. The Hall–Kier alpha value is -1.14. The third kappa shape index (κ3) is 3.96. The quantitative estimate of drug-likeness (QED) is 0.646. The van der Waals surface area contributed by atoms with Crippen LogP contribution in [-0.4, -0.2) is 72.1 Å². The number of carbonyl (C=O) groups is 2. The van der Waals surface area contributed by atoms with Gasteiger partial charge in [0.1, 0.15) is 0 Å². The van der Waals surface area contributed by atoms with Crippen LogP contribution in [0.15, 0.2) is 0 Å². The maximum Gasteiger partial charge on any atom is 0.239 e. The van der Waals surface area contributed by atoms with E-state index in [9.17, 15) is 14.7 Å². The molecule has 6 nitrogen and oxygen atoms in total. The number of carbonyl (C=O) groups excluding carboxylic acids is 2. The number of amides is 2. The fourth-order valence-electron chi connectivity index (χ4n) is 2.07. The highest BCUT2D eigenvalue weighted by Gasteiger charge is 2.26. The summed E-state index contributed by atoms with van der Waals surface area (Å²) >= 11 is 0. The summed E-state index contributed by atoms with van der Waals surface area (Å²) in [4.78, 5) is 26.8. The summed E-state index contributed by atoms with van der Waals surface area (Å²) in [6.07, 6.45) is 2.50. The first-order chi connectivity index (χ1) is 8.54. The molecule has 0 aromatic heterocycles. The van der Waals surface area contributed by atoms with Crippen molar-refractivity contribution in [3.05, 3.63) is 0 Å². The molecule has 1 heterocycles. The number of likely N-dealkylation sites (tertiary alicyclic amines) is 1. The van der Waals surface area contributed by atoms with Gasteiger partial charge in [-0.05, 0) is 19.3 Å². The number of hydrogen-bond donors (Lipinski definition) is 2. The molecular formula is C12H21N3O3. The van der Waals surface area contributed by atoms with Crippen LogP contribution in [0.1, 0.15) is 19.3 Å². The number of β-amino-alcohol motifs (C(OH)–C–C–N with tert-alkyl or cyclic N) is 1. The predicted molar refractivity (Wildman–Crippen MR) is 65.9 cm³/mol. The van der Waals surface area contributed by atoms with E-state index < -0.39 is 0 Å². The average Bonchev–Trinajstić information content (AvgIpc) is 3.00. The minimum absolute atomic E-state index is 0.0740. The van der Waals surface area contributed by atoms with E-state index in [1.165, 1.54) is 4.90 Å². The maximum absolute atomic E-state index is 11.9. The molecular weight excluding hydrogens is 234 g/mol. The predicted octanol–water partition coefficient (Wildman–Crippen LogP) is -1.21. The molecule has 6 heteroatoms. The number of hydrogen-bond acceptors (Lipinski definition) is 4. The summed E-state index contributed by atoms with van der Waals surface area (Å²) in [5.74, 6) is -0.162. The molecule has 0 bridgehead atoms. The lowest BCUT2D eigenvalue weighted by molar-refractivity contribution is -0.135. The number of likely N-dealkylation sites (N-methyl/N-ethyl adjacent to an activating group) is 1. The minimum atomic E-state index is -0.318. The van der Waals surface area contributed by atoms with E-state index in [-0.39, 0.29) is 31.0 Å². The van der Waals surface area contributed by atoms with Gasteiger partial charge in [-0.15, -0.1) is 0 Å². The summed E-state index contributed by atoms with van der Waals surface area (Å²) < 4.78 is 0. The fraction of sp³-hybridized carbons (Fsp3) is 0.833. The molecule has 0 spiro atoms. The Bertz CT molecular complexity index is 331. The van der Waals surface area contributed by atoms with Crippen LogP contribution in [0.5, 0.6) is 0 Å². The molecule has 2 aliphatic rings. The highest BCUT2D eigenvalue weighted by atomic mass is 16.3. The first-order valence-electron chi connectivity index (χ1n) is 6.48. The van der Waals surface area contributed by atoms with E-state index in [1.807, 2.05) is 4.90 Å². The molecule has 2 amide bonds. The first kappa shape index (κ1) is 13.3. The molecule has 2 rings (SSSR count). The molecule has 0 aromatic carbocycles. The van der Waals surface area contributed by atoms with E-state index in [4.69, 9.17) is 0 Å². The second-order valence-electron chi connectivity index (χ2n) is 5.27. The second kappa shape index (κ2) is 5.67. The number of aliphatic hydroxyl groups excluding tert-OH is 1. The van der Waals surface area contributed by atoms with Gasteiger partial charge in [0, 0.05) is 26.2 Å². The van der Waals surface area contributed by atoms with Crippen LogP contribution in [0.2, 0.25) is 0 Å². The van der Waals surface area contributed by atoms with Gasteiger partial charge in [-0.3, -0.25) is 14.5 Å². The van der Waals surface area contributed by atoms with Gasteiger partial charge in [0.2, 0.25) is 11.8 Å². The average molecular weight is 255 g/mol. The molecule has 1 aliphatic carbocycles. The largest absolute Gasteiger partial charge is 0.392 e. The molecule has 2 fully saturated rings. The second-order valence-corrected chi connectivity index (χ2v) is 5.27. The Balaban J connectivity index is 1.68. The highest BCUT2D eigenvalue weighted by Crippen LogP contribution is 2.18. The van der Waals surface area contributed by atoms with Gasteiger partial charge in [-0.1, -0.05) is 0 Å². The van der Waals surface area contributed by atoms with Crippen LogP contribution in [0.4, 0.5) is 0 Å². The van der Waals surface area contributed by atoms with Crippen LogP contribution in [-0.2, 0) is 9.59 Å². The van der Waals surface area contributed by atoms with Gasteiger partial charge >= 0.3 is 0 Å². The van der Waals surface area contributed by atoms with Crippen molar-refractivity contribution in [2.75, 3.05) is 33.2 Å². The number of rotatable bonds is 5.